The Bertz CT molecular complexity index is 833. The quantitative estimate of drug-likeness (QED) is 0.596. The molecule has 3 aromatic rings. The maximum absolute atomic E-state index is 13.0. The molecule has 1 aromatic carbocycles. The number of halogens is 1. The first-order valence-corrected chi connectivity index (χ1v) is 10.1. The molecule has 2 heterocycles. The second kappa shape index (κ2) is 8.95. The second-order valence-corrected chi connectivity index (χ2v) is 7.74. The van der Waals surface area contributed by atoms with Crippen molar-refractivity contribution in [1.82, 2.24) is 20.1 Å². The van der Waals surface area contributed by atoms with E-state index in [1.54, 1.807) is 29.8 Å². The van der Waals surface area contributed by atoms with E-state index < -0.39 is 0 Å². The molecule has 26 heavy (non-hydrogen) atoms. The predicted octanol–water partition coefficient (Wildman–Crippen LogP) is 3.69. The van der Waals surface area contributed by atoms with Gasteiger partial charge < -0.3 is 9.88 Å². The smallest absolute Gasteiger partial charge is 0.230 e. The Hall–Kier alpha value is -2.19. The largest absolute Gasteiger partial charge is 0.349 e. The minimum absolute atomic E-state index is 0.0976. The third-order valence-electron chi connectivity index (χ3n) is 3.84. The molecule has 1 N–H and O–H groups in total. The molecule has 0 aliphatic rings. The Kier molecular flexibility index (Phi) is 6.40. The van der Waals surface area contributed by atoms with Crippen LogP contribution in [0.25, 0.3) is 0 Å². The van der Waals surface area contributed by atoms with Crippen LogP contribution in [0.1, 0.15) is 23.4 Å². The molecule has 1 atom stereocenters. The Morgan fingerprint density at radius 1 is 1.35 bits per heavy atom. The zero-order valence-corrected chi connectivity index (χ0v) is 15.9. The van der Waals surface area contributed by atoms with Crippen molar-refractivity contribution in [2.45, 2.75) is 31.1 Å². The van der Waals surface area contributed by atoms with E-state index in [0.29, 0.717) is 0 Å². The number of aryl methyl sites for hydroxylation is 2. The van der Waals surface area contributed by atoms with Gasteiger partial charge in [-0.25, -0.2) is 4.39 Å². The summed E-state index contributed by atoms with van der Waals surface area (Å²) in [6.07, 6.45) is 2.60. The highest BCUT2D eigenvalue weighted by molar-refractivity contribution is 7.99. The van der Waals surface area contributed by atoms with Crippen molar-refractivity contribution < 1.29 is 9.18 Å². The lowest BCUT2D eigenvalue weighted by Crippen LogP contribution is -2.28. The van der Waals surface area contributed by atoms with Crippen LogP contribution in [0.15, 0.2) is 53.3 Å². The molecule has 0 saturated carbocycles. The van der Waals surface area contributed by atoms with Crippen molar-refractivity contribution in [3.05, 3.63) is 64.4 Å². The Balaban J connectivity index is 1.48. The lowest BCUT2D eigenvalue weighted by Gasteiger charge is -2.14. The minimum Gasteiger partial charge on any atom is -0.349 e. The van der Waals surface area contributed by atoms with Crippen molar-refractivity contribution in [1.29, 1.82) is 0 Å². The van der Waals surface area contributed by atoms with Crippen LogP contribution in [0.3, 0.4) is 0 Å². The summed E-state index contributed by atoms with van der Waals surface area (Å²) in [6.45, 7) is 2.66. The third-order valence-corrected chi connectivity index (χ3v) is 5.76. The van der Waals surface area contributed by atoms with Crippen LogP contribution < -0.4 is 5.32 Å². The summed E-state index contributed by atoms with van der Waals surface area (Å²) in [4.78, 5) is 13.5. The summed E-state index contributed by atoms with van der Waals surface area (Å²) in [5, 5.41) is 13.7. The molecule has 0 spiro atoms. The van der Waals surface area contributed by atoms with Crippen LogP contribution in [0, 0.1) is 5.82 Å². The highest BCUT2D eigenvalue weighted by Gasteiger charge is 2.12. The zero-order chi connectivity index (χ0) is 18.4. The van der Waals surface area contributed by atoms with Crippen LogP contribution in [0.5, 0.6) is 0 Å². The first-order chi connectivity index (χ1) is 12.6. The molecule has 0 aliphatic carbocycles. The van der Waals surface area contributed by atoms with Crippen LogP contribution in [-0.4, -0.2) is 26.4 Å². The fourth-order valence-corrected chi connectivity index (χ4v) is 3.89. The highest BCUT2D eigenvalue weighted by Crippen LogP contribution is 2.18. The predicted molar refractivity (Wildman–Crippen MR) is 102 cm³/mol. The van der Waals surface area contributed by atoms with Gasteiger partial charge in [-0.3, -0.25) is 4.79 Å². The van der Waals surface area contributed by atoms with E-state index in [-0.39, 0.29) is 23.5 Å². The summed E-state index contributed by atoms with van der Waals surface area (Å²) < 4.78 is 14.9. The van der Waals surface area contributed by atoms with E-state index in [1.165, 1.54) is 28.8 Å². The van der Waals surface area contributed by atoms with Crippen LogP contribution in [0.2, 0.25) is 0 Å². The normalized spacial score (nSPS) is 12.1. The van der Waals surface area contributed by atoms with E-state index in [9.17, 15) is 9.18 Å². The maximum Gasteiger partial charge on any atom is 0.230 e. The highest BCUT2D eigenvalue weighted by atomic mass is 32.2. The summed E-state index contributed by atoms with van der Waals surface area (Å²) in [5.74, 6) is -0.132. The van der Waals surface area contributed by atoms with Crippen molar-refractivity contribution in [2.24, 2.45) is 0 Å². The summed E-state index contributed by atoms with van der Waals surface area (Å²) >= 11 is 3.09. The van der Waals surface area contributed by atoms with E-state index in [0.717, 1.165) is 23.7 Å². The second-order valence-electron chi connectivity index (χ2n) is 5.77. The molecule has 8 heteroatoms. The SMILES string of the molecule is CC(NC(=O)CSc1nncn1CCc1cccs1)c1ccc(F)cc1. The van der Waals surface area contributed by atoms with Crippen LogP contribution in [0.4, 0.5) is 4.39 Å². The van der Waals surface area contributed by atoms with E-state index >= 15 is 0 Å². The molecular weight excluding hydrogens is 371 g/mol. The molecular formula is C18H19FN4OS2. The van der Waals surface area contributed by atoms with Gasteiger partial charge in [0, 0.05) is 11.4 Å². The number of aromatic nitrogens is 3. The summed E-state index contributed by atoms with van der Waals surface area (Å²) in [5.41, 5.74) is 0.865. The van der Waals surface area contributed by atoms with Gasteiger partial charge >= 0.3 is 0 Å². The van der Waals surface area contributed by atoms with Gasteiger partial charge in [-0.05, 0) is 42.5 Å². The Labute approximate surface area is 159 Å². The molecule has 5 nitrogen and oxygen atoms in total. The van der Waals surface area contributed by atoms with Gasteiger partial charge in [-0.15, -0.1) is 21.5 Å². The molecule has 136 valence electrons. The van der Waals surface area contributed by atoms with Gasteiger partial charge in [-0.1, -0.05) is 30.0 Å². The number of carbonyl (C=O) groups excluding carboxylic acids is 1. The zero-order valence-electron chi connectivity index (χ0n) is 14.3. The lowest BCUT2D eigenvalue weighted by atomic mass is 10.1. The fourth-order valence-electron chi connectivity index (χ4n) is 2.44. The van der Waals surface area contributed by atoms with Gasteiger partial charge in [0.05, 0.1) is 11.8 Å². The Morgan fingerprint density at radius 2 is 2.15 bits per heavy atom. The monoisotopic (exact) mass is 390 g/mol. The molecule has 0 aliphatic heterocycles. The molecule has 2 aromatic heterocycles. The molecule has 3 rings (SSSR count). The standard InChI is InChI=1S/C18H19FN4OS2/c1-13(14-4-6-15(19)7-5-14)21-17(24)11-26-18-22-20-12-23(18)9-8-16-3-2-10-25-16/h2-7,10,12-13H,8-9,11H2,1H3,(H,21,24). The number of rotatable bonds is 8. The number of benzene rings is 1. The molecule has 0 saturated heterocycles. The average molecular weight is 391 g/mol. The van der Waals surface area contributed by atoms with E-state index in [2.05, 4.69) is 27.0 Å². The Morgan fingerprint density at radius 3 is 2.88 bits per heavy atom. The molecule has 0 fully saturated rings. The third kappa shape index (κ3) is 5.15. The number of hydrogen-bond acceptors (Lipinski definition) is 5. The van der Waals surface area contributed by atoms with Crippen molar-refractivity contribution in [2.75, 3.05) is 5.75 Å². The number of carbonyl (C=O) groups is 1. The number of nitrogens with one attached hydrogen (secondary N) is 1. The van der Waals surface area contributed by atoms with Crippen molar-refractivity contribution in [3.63, 3.8) is 0 Å². The van der Waals surface area contributed by atoms with Gasteiger partial charge in [0.15, 0.2) is 5.16 Å². The average Bonchev–Trinajstić information content (AvgIpc) is 3.30. The van der Waals surface area contributed by atoms with E-state index in [4.69, 9.17) is 0 Å². The summed E-state index contributed by atoms with van der Waals surface area (Å²) in [7, 11) is 0. The van der Waals surface area contributed by atoms with Gasteiger partial charge in [0.1, 0.15) is 12.1 Å². The van der Waals surface area contributed by atoms with E-state index in [1.807, 2.05) is 17.6 Å². The van der Waals surface area contributed by atoms with Gasteiger partial charge in [0.25, 0.3) is 0 Å². The minimum atomic E-state index is -0.287. The summed E-state index contributed by atoms with van der Waals surface area (Å²) in [6, 6.07) is 10.1. The number of thiophene rings is 1. The van der Waals surface area contributed by atoms with Crippen molar-refractivity contribution in [3.8, 4) is 0 Å². The van der Waals surface area contributed by atoms with Gasteiger partial charge in [-0.2, -0.15) is 0 Å². The fraction of sp³-hybridized carbons (Fsp3) is 0.278. The molecule has 0 bridgehead atoms. The topological polar surface area (TPSA) is 59.8 Å². The van der Waals surface area contributed by atoms with Crippen LogP contribution >= 0.6 is 23.1 Å². The molecule has 1 unspecified atom stereocenters. The molecule has 0 radical (unpaired) electrons. The number of nitrogens with zero attached hydrogens (tertiary/aromatic N) is 3. The first-order valence-electron chi connectivity index (χ1n) is 8.19. The lowest BCUT2D eigenvalue weighted by molar-refractivity contribution is -0.119. The van der Waals surface area contributed by atoms with Crippen molar-refractivity contribution >= 4 is 29.0 Å². The first kappa shape index (κ1) is 18.6. The maximum atomic E-state index is 13.0. The van der Waals surface area contributed by atoms with Gasteiger partial charge in [0.2, 0.25) is 5.91 Å². The number of thioether (sulfide) groups is 1. The molecule has 1 amide bonds. The van der Waals surface area contributed by atoms with Crippen LogP contribution in [-0.2, 0) is 17.8 Å². The number of amides is 1. The number of hydrogen-bond donors (Lipinski definition) is 1.